The summed E-state index contributed by atoms with van der Waals surface area (Å²) in [5.41, 5.74) is 4.53. The van der Waals surface area contributed by atoms with Crippen LogP contribution < -0.4 is 9.75 Å². The third-order valence-electron chi connectivity index (χ3n) is 4.59. The summed E-state index contributed by atoms with van der Waals surface area (Å²) in [4.78, 5) is 0. The van der Waals surface area contributed by atoms with Crippen molar-refractivity contribution in [3.05, 3.63) is 94.5 Å². The topological polar surface area (TPSA) is 24.8 Å². The standard InChI is InChI=1S/C22H19BrN2O/c1-26-20-9-5-6-17(14-20)22-15-21(16-10-12-18(23)13-11-16)24-25(22)19-7-3-2-4-8-19/h2-14,22H,15H2,1H3. The van der Waals surface area contributed by atoms with Gasteiger partial charge in [0.05, 0.1) is 24.6 Å². The fourth-order valence-electron chi connectivity index (χ4n) is 3.25. The van der Waals surface area contributed by atoms with Crippen LogP contribution in [0.5, 0.6) is 5.75 Å². The molecule has 0 amide bonds. The van der Waals surface area contributed by atoms with Crippen molar-refractivity contribution in [1.82, 2.24) is 0 Å². The van der Waals surface area contributed by atoms with Gasteiger partial charge in [0.25, 0.3) is 0 Å². The lowest BCUT2D eigenvalue weighted by atomic mass is 9.98. The van der Waals surface area contributed by atoms with E-state index < -0.39 is 0 Å². The number of methoxy groups -OCH3 is 1. The number of halogens is 1. The zero-order valence-electron chi connectivity index (χ0n) is 14.5. The normalized spacial score (nSPS) is 16.5. The molecule has 26 heavy (non-hydrogen) atoms. The van der Waals surface area contributed by atoms with Crippen molar-refractivity contribution in [3.63, 3.8) is 0 Å². The smallest absolute Gasteiger partial charge is 0.119 e. The van der Waals surface area contributed by atoms with Crippen molar-refractivity contribution in [2.75, 3.05) is 12.1 Å². The van der Waals surface area contributed by atoms with Crippen molar-refractivity contribution >= 4 is 27.3 Å². The van der Waals surface area contributed by atoms with Crippen LogP contribution in [-0.2, 0) is 0 Å². The second-order valence-electron chi connectivity index (χ2n) is 6.23. The van der Waals surface area contributed by atoms with Crippen LogP contribution in [-0.4, -0.2) is 12.8 Å². The highest BCUT2D eigenvalue weighted by molar-refractivity contribution is 9.10. The van der Waals surface area contributed by atoms with Gasteiger partial charge in [-0.3, -0.25) is 5.01 Å². The van der Waals surface area contributed by atoms with E-state index in [0.717, 1.165) is 33.6 Å². The van der Waals surface area contributed by atoms with Crippen molar-refractivity contribution in [3.8, 4) is 5.75 Å². The van der Waals surface area contributed by atoms with E-state index in [1.165, 1.54) is 5.56 Å². The molecule has 0 spiro atoms. The van der Waals surface area contributed by atoms with Crippen molar-refractivity contribution in [2.45, 2.75) is 12.5 Å². The summed E-state index contributed by atoms with van der Waals surface area (Å²) >= 11 is 3.50. The molecule has 0 radical (unpaired) electrons. The van der Waals surface area contributed by atoms with Crippen LogP contribution in [0.1, 0.15) is 23.6 Å². The minimum absolute atomic E-state index is 0.145. The lowest BCUT2D eigenvalue weighted by Gasteiger charge is -2.24. The number of ether oxygens (including phenoxy) is 1. The molecule has 0 fully saturated rings. The molecule has 0 saturated carbocycles. The van der Waals surface area contributed by atoms with Gasteiger partial charge in [0.1, 0.15) is 5.75 Å². The van der Waals surface area contributed by atoms with E-state index in [-0.39, 0.29) is 6.04 Å². The largest absolute Gasteiger partial charge is 0.497 e. The quantitative estimate of drug-likeness (QED) is 0.545. The number of benzene rings is 3. The minimum atomic E-state index is 0.145. The van der Waals surface area contributed by atoms with Gasteiger partial charge in [0.2, 0.25) is 0 Å². The van der Waals surface area contributed by atoms with Gasteiger partial charge in [-0.15, -0.1) is 0 Å². The summed E-state index contributed by atoms with van der Waals surface area (Å²) in [5, 5.41) is 7.08. The molecule has 3 nitrogen and oxygen atoms in total. The van der Waals surface area contributed by atoms with E-state index in [2.05, 4.69) is 69.5 Å². The predicted octanol–water partition coefficient (Wildman–Crippen LogP) is 5.81. The molecule has 1 atom stereocenters. The van der Waals surface area contributed by atoms with E-state index in [4.69, 9.17) is 9.84 Å². The summed E-state index contributed by atoms with van der Waals surface area (Å²) < 4.78 is 6.49. The van der Waals surface area contributed by atoms with Gasteiger partial charge in [-0.05, 0) is 47.5 Å². The second-order valence-corrected chi connectivity index (χ2v) is 7.15. The average molecular weight is 407 g/mol. The Morgan fingerprint density at radius 3 is 2.46 bits per heavy atom. The summed E-state index contributed by atoms with van der Waals surface area (Å²) in [6, 6.07) is 27.1. The van der Waals surface area contributed by atoms with Crippen LogP contribution in [0, 0.1) is 0 Å². The van der Waals surface area contributed by atoms with E-state index in [1.807, 2.05) is 30.3 Å². The lowest BCUT2D eigenvalue weighted by molar-refractivity contribution is 0.414. The highest BCUT2D eigenvalue weighted by Crippen LogP contribution is 2.37. The number of hydrazone groups is 1. The highest BCUT2D eigenvalue weighted by Gasteiger charge is 2.30. The molecule has 3 aromatic carbocycles. The van der Waals surface area contributed by atoms with Crippen molar-refractivity contribution < 1.29 is 4.74 Å². The minimum Gasteiger partial charge on any atom is -0.497 e. The van der Waals surface area contributed by atoms with Crippen molar-refractivity contribution in [2.24, 2.45) is 5.10 Å². The molecule has 0 N–H and O–H groups in total. The van der Waals surface area contributed by atoms with E-state index in [9.17, 15) is 0 Å². The summed E-state index contributed by atoms with van der Waals surface area (Å²) in [6.07, 6.45) is 0.851. The van der Waals surface area contributed by atoms with Crippen LogP contribution in [0.2, 0.25) is 0 Å². The Morgan fingerprint density at radius 2 is 1.73 bits per heavy atom. The third-order valence-corrected chi connectivity index (χ3v) is 5.12. The third kappa shape index (κ3) is 3.37. The molecular formula is C22H19BrN2O. The molecular weight excluding hydrogens is 388 g/mol. The highest BCUT2D eigenvalue weighted by atomic mass is 79.9. The first-order valence-corrected chi connectivity index (χ1v) is 9.35. The van der Waals surface area contributed by atoms with Crippen molar-refractivity contribution in [1.29, 1.82) is 0 Å². The Balaban J connectivity index is 1.74. The molecule has 1 aliphatic rings. The van der Waals surface area contributed by atoms with Crippen LogP contribution in [0.4, 0.5) is 5.69 Å². The number of para-hydroxylation sites is 1. The number of hydrogen-bond donors (Lipinski definition) is 0. The fourth-order valence-corrected chi connectivity index (χ4v) is 3.52. The molecule has 1 unspecified atom stereocenters. The van der Waals surface area contributed by atoms with Gasteiger partial charge in [0, 0.05) is 10.9 Å². The monoisotopic (exact) mass is 406 g/mol. The Labute approximate surface area is 162 Å². The predicted molar refractivity (Wildman–Crippen MR) is 110 cm³/mol. The molecule has 4 heteroatoms. The zero-order valence-corrected chi connectivity index (χ0v) is 16.1. The van der Waals surface area contributed by atoms with Gasteiger partial charge < -0.3 is 4.74 Å². The SMILES string of the molecule is COc1cccc(C2CC(c3ccc(Br)cc3)=NN2c2ccccc2)c1. The van der Waals surface area contributed by atoms with Crippen LogP contribution in [0.15, 0.2) is 88.4 Å². The van der Waals surface area contributed by atoms with Gasteiger partial charge >= 0.3 is 0 Å². The number of hydrogen-bond acceptors (Lipinski definition) is 3. The maximum atomic E-state index is 5.42. The Kier molecular flexibility index (Phi) is 4.76. The van der Waals surface area contributed by atoms with Crippen LogP contribution >= 0.6 is 15.9 Å². The maximum absolute atomic E-state index is 5.42. The Morgan fingerprint density at radius 1 is 0.962 bits per heavy atom. The first-order chi connectivity index (χ1) is 12.7. The molecule has 1 heterocycles. The number of anilines is 1. The van der Waals surface area contributed by atoms with E-state index >= 15 is 0 Å². The molecule has 0 aromatic heterocycles. The summed E-state index contributed by atoms with van der Waals surface area (Å²) in [5.74, 6) is 0.868. The van der Waals surface area contributed by atoms with Gasteiger partial charge in [-0.2, -0.15) is 5.10 Å². The molecule has 0 aliphatic carbocycles. The Hall–Kier alpha value is -2.59. The van der Waals surface area contributed by atoms with Gasteiger partial charge in [0.15, 0.2) is 0 Å². The second kappa shape index (κ2) is 7.34. The van der Waals surface area contributed by atoms with E-state index in [0.29, 0.717) is 0 Å². The lowest BCUT2D eigenvalue weighted by Crippen LogP contribution is -2.18. The van der Waals surface area contributed by atoms with E-state index in [1.54, 1.807) is 7.11 Å². The fraction of sp³-hybridized carbons (Fsp3) is 0.136. The molecule has 3 aromatic rings. The number of rotatable bonds is 4. The Bertz CT molecular complexity index is 922. The van der Waals surface area contributed by atoms with Crippen LogP contribution in [0.3, 0.4) is 0 Å². The molecule has 130 valence electrons. The van der Waals surface area contributed by atoms with Gasteiger partial charge in [-0.25, -0.2) is 0 Å². The zero-order chi connectivity index (χ0) is 17.9. The van der Waals surface area contributed by atoms with Gasteiger partial charge in [-0.1, -0.05) is 58.4 Å². The van der Waals surface area contributed by atoms with Crippen LogP contribution in [0.25, 0.3) is 0 Å². The number of nitrogens with zero attached hydrogens (tertiary/aromatic N) is 2. The summed E-state index contributed by atoms with van der Waals surface area (Å²) in [6.45, 7) is 0. The molecule has 0 saturated heterocycles. The summed E-state index contributed by atoms with van der Waals surface area (Å²) in [7, 11) is 1.70. The molecule has 4 rings (SSSR count). The first-order valence-electron chi connectivity index (χ1n) is 8.56. The average Bonchev–Trinajstić information content (AvgIpc) is 3.15. The molecule has 0 bridgehead atoms. The molecule has 1 aliphatic heterocycles. The maximum Gasteiger partial charge on any atom is 0.119 e. The first kappa shape index (κ1) is 16.9.